The van der Waals surface area contributed by atoms with E-state index < -0.39 is 5.97 Å². The van der Waals surface area contributed by atoms with Crippen LogP contribution in [0, 0.1) is 0 Å². The molecule has 0 aliphatic heterocycles. The number of hydrogen-bond acceptors (Lipinski definition) is 2. The number of carbonyl (C=O) groups excluding carboxylic acids is 1. The normalized spacial score (nSPS) is 10.6. The van der Waals surface area contributed by atoms with Gasteiger partial charge >= 0.3 is 12.0 Å². The molecule has 25 heavy (non-hydrogen) atoms. The summed E-state index contributed by atoms with van der Waals surface area (Å²) in [6, 6.07) is 13.7. The lowest BCUT2D eigenvalue weighted by Crippen LogP contribution is -2.43. The van der Waals surface area contributed by atoms with E-state index in [1.54, 1.807) is 23.1 Å². The summed E-state index contributed by atoms with van der Waals surface area (Å²) in [6.45, 7) is 4.69. The highest BCUT2D eigenvalue weighted by molar-refractivity contribution is 6.30. The maximum atomic E-state index is 12.5. The first-order valence-electron chi connectivity index (χ1n) is 7.98. The van der Waals surface area contributed by atoms with Crippen LogP contribution in [0.4, 0.5) is 4.79 Å². The first kappa shape index (κ1) is 18.8. The van der Waals surface area contributed by atoms with E-state index in [0.717, 1.165) is 11.1 Å². The molecule has 0 aliphatic rings. The van der Waals surface area contributed by atoms with E-state index in [9.17, 15) is 9.59 Å². The Balaban J connectivity index is 1.99. The lowest BCUT2D eigenvalue weighted by Gasteiger charge is -2.27. The molecule has 0 fully saturated rings. The van der Waals surface area contributed by atoms with Gasteiger partial charge in [-0.15, -0.1) is 0 Å². The largest absolute Gasteiger partial charge is 0.478 e. The van der Waals surface area contributed by atoms with Gasteiger partial charge in [0.25, 0.3) is 0 Å². The second-order valence-corrected chi connectivity index (χ2v) is 6.45. The number of carboxylic acids is 1. The average Bonchev–Trinajstić information content (AvgIpc) is 2.57. The van der Waals surface area contributed by atoms with Gasteiger partial charge in [0, 0.05) is 24.2 Å². The molecule has 0 atom stereocenters. The molecule has 0 aromatic heterocycles. The van der Waals surface area contributed by atoms with Gasteiger partial charge in [0.1, 0.15) is 0 Å². The smallest absolute Gasteiger partial charge is 0.335 e. The van der Waals surface area contributed by atoms with Gasteiger partial charge in [-0.3, -0.25) is 0 Å². The molecule has 0 spiro atoms. The number of benzene rings is 2. The van der Waals surface area contributed by atoms with Gasteiger partial charge in [-0.2, -0.15) is 0 Å². The lowest BCUT2D eigenvalue weighted by atomic mass is 10.1. The van der Waals surface area contributed by atoms with Crippen LogP contribution in [0.5, 0.6) is 0 Å². The van der Waals surface area contributed by atoms with Crippen molar-refractivity contribution < 1.29 is 14.7 Å². The van der Waals surface area contributed by atoms with E-state index in [1.165, 1.54) is 12.1 Å². The number of carboxylic acid groups (broad SMARTS) is 1. The monoisotopic (exact) mass is 360 g/mol. The molecule has 2 aromatic carbocycles. The van der Waals surface area contributed by atoms with Gasteiger partial charge in [-0.1, -0.05) is 35.9 Å². The zero-order valence-corrected chi connectivity index (χ0v) is 15.0. The maximum Gasteiger partial charge on any atom is 0.335 e. The minimum Gasteiger partial charge on any atom is -0.478 e. The number of aromatic carboxylic acids is 1. The molecule has 0 radical (unpaired) electrons. The Morgan fingerprint density at radius 1 is 1.12 bits per heavy atom. The summed E-state index contributed by atoms with van der Waals surface area (Å²) in [5.74, 6) is -0.969. The molecule has 0 bridgehead atoms. The highest BCUT2D eigenvalue weighted by Crippen LogP contribution is 2.14. The third kappa shape index (κ3) is 5.50. The van der Waals surface area contributed by atoms with E-state index in [4.69, 9.17) is 16.7 Å². The molecule has 6 heteroatoms. The minimum atomic E-state index is -0.969. The zero-order valence-electron chi connectivity index (χ0n) is 14.2. The Labute approximate surface area is 152 Å². The molecule has 5 nitrogen and oxygen atoms in total. The molecule has 0 saturated heterocycles. The van der Waals surface area contributed by atoms with Crippen molar-refractivity contribution in [3.8, 4) is 0 Å². The van der Waals surface area contributed by atoms with Crippen LogP contribution < -0.4 is 5.32 Å². The fourth-order valence-electron chi connectivity index (χ4n) is 2.37. The Kier molecular flexibility index (Phi) is 6.42. The van der Waals surface area contributed by atoms with Gasteiger partial charge in [-0.25, -0.2) is 9.59 Å². The molecular formula is C19H21ClN2O3. The van der Waals surface area contributed by atoms with Gasteiger partial charge in [0.05, 0.1) is 5.56 Å². The number of carbonyl (C=O) groups is 2. The predicted octanol–water partition coefficient (Wildman–Crippen LogP) is 4.16. The number of nitrogens with one attached hydrogen (secondary N) is 1. The summed E-state index contributed by atoms with van der Waals surface area (Å²) in [6.07, 6.45) is 0. The highest BCUT2D eigenvalue weighted by Gasteiger charge is 2.17. The zero-order chi connectivity index (χ0) is 18.4. The molecule has 2 aromatic rings. The van der Waals surface area contributed by atoms with Crippen LogP contribution >= 0.6 is 11.6 Å². The van der Waals surface area contributed by atoms with Crippen LogP contribution in [0.15, 0.2) is 48.5 Å². The Morgan fingerprint density at radius 2 is 1.80 bits per heavy atom. The highest BCUT2D eigenvalue weighted by atomic mass is 35.5. The van der Waals surface area contributed by atoms with Gasteiger partial charge in [-0.05, 0) is 49.2 Å². The van der Waals surface area contributed by atoms with E-state index in [1.807, 2.05) is 32.0 Å². The van der Waals surface area contributed by atoms with Crippen molar-refractivity contribution in [2.24, 2.45) is 0 Å². The predicted molar refractivity (Wildman–Crippen MR) is 97.8 cm³/mol. The maximum absolute atomic E-state index is 12.5. The second kappa shape index (κ2) is 8.53. The molecule has 0 aliphatic carbocycles. The summed E-state index contributed by atoms with van der Waals surface area (Å²) >= 11 is 6.00. The van der Waals surface area contributed by atoms with Crippen LogP contribution in [0.3, 0.4) is 0 Å². The van der Waals surface area contributed by atoms with Crippen molar-refractivity contribution in [3.63, 3.8) is 0 Å². The van der Waals surface area contributed by atoms with Gasteiger partial charge < -0.3 is 15.3 Å². The van der Waals surface area contributed by atoms with E-state index in [-0.39, 0.29) is 17.6 Å². The van der Waals surface area contributed by atoms with Crippen LogP contribution in [0.1, 0.15) is 35.3 Å². The molecule has 0 heterocycles. The van der Waals surface area contributed by atoms with E-state index in [0.29, 0.717) is 18.1 Å². The third-order valence-electron chi connectivity index (χ3n) is 3.77. The van der Waals surface area contributed by atoms with Crippen molar-refractivity contribution in [2.75, 3.05) is 0 Å². The lowest BCUT2D eigenvalue weighted by molar-refractivity contribution is 0.0697. The summed E-state index contributed by atoms with van der Waals surface area (Å²) in [5, 5.41) is 12.4. The summed E-state index contributed by atoms with van der Waals surface area (Å²) in [7, 11) is 0. The summed E-state index contributed by atoms with van der Waals surface area (Å²) in [4.78, 5) is 25.1. The Morgan fingerprint density at radius 3 is 2.36 bits per heavy atom. The van der Waals surface area contributed by atoms with Crippen molar-refractivity contribution >= 4 is 23.6 Å². The molecule has 132 valence electrons. The van der Waals surface area contributed by atoms with Crippen LogP contribution in [0.2, 0.25) is 5.02 Å². The quantitative estimate of drug-likeness (QED) is 0.812. The minimum absolute atomic E-state index is 0.0216. The summed E-state index contributed by atoms with van der Waals surface area (Å²) < 4.78 is 0. The van der Waals surface area contributed by atoms with Crippen LogP contribution in [-0.4, -0.2) is 28.0 Å². The average molecular weight is 361 g/mol. The Hall–Kier alpha value is -2.53. The van der Waals surface area contributed by atoms with Crippen LogP contribution in [0.25, 0.3) is 0 Å². The number of nitrogens with zero attached hydrogens (tertiary/aromatic N) is 1. The Bertz CT molecular complexity index is 745. The van der Waals surface area contributed by atoms with Crippen molar-refractivity contribution in [3.05, 3.63) is 70.2 Å². The standard InChI is InChI=1S/C19H21ClN2O3/c1-13(2)22(12-15-4-3-5-17(20)10-15)19(25)21-11-14-6-8-16(9-7-14)18(23)24/h3-10,13H,11-12H2,1-2H3,(H,21,25)(H,23,24). The van der Waals surface area contributed by atoms with Crippen LogP contribution in [-0.2, 0) is 13.1 Å². The van der Waals surface area contributed by atoms with Crippen molar-refractivity contribution in [2.45, 2.75) is 33.0 Å². The van der Waals surface area contributed by atoms with E-state index in [2.05, 4.69) is 5.32 Å². The van der Waals surface area contributed by atoms with Gasteiger partial charge in [0.2, 0.25) is 0 Å². The fourth-order valence-corrected chi connectivity index (χ4v) is 2.58. The fraction of sp³-hybridized carbons (Fsp3) is 0.263. The van der Waals surface area contributed by atoms with Crippen molar-refractivity contribution in [1.82, 2.24) is 10.2 Å². The SMILES string of the molecule is CC(C)N(Cc1cccc(Cl)c1)C(=O)NCc1ccc(C(=O)O)cc1. The first-order chi connectivity index (χ1) is 11.9. The molecule has 0 unspecified atom stereocenters. The summed E-state index contributed by atoms with van der Waals surface area (Å²) in [5.41, 5.74) is 2.02. The molecular weight excluding hydrogens is 340 g/mol. The number of hydrogen-bond donors (Lipinski definition) is 2. The number of rotatable bonds is 6. The second-order valence-electron chi connectivity index (χ2n) is 6.01. The first-order valence-corrected chi connectivity index (χ1v) is 8.35. The number of halogens is 1. The van der Waals surface area contributed by atoms with E-state index >= 15 is 0 Å². The number of urea groups is 1. The molecule has 2 N–H and O–H groups in total. The van der Waals surface area contributed by atoms with Crippen molar-refractivity contribution in [1.29, 1.82) is 0 Å². The van der Waals surface area contributed by atoms with Gasteiger partial charge in [0.15, 0.2) is 0 Å². The molecule has 2 rings (SSSR count). The molecule has 0 saturated carbocycles. The number of amides is 2. The third-order valence-corrected chi connectivity index (χ3v) is 4.01. The topological polar surface area (TPSA) is 69.6 Å². The molecule has 2 amide bonds.